The summed E-state index contributed by atoms with van der Waals surface area (Å²) in [6.07, 6.45) is 3.20. The molecule has 3 aromatic carbocycles. The molecule has 34 heavy (non-hydrogen) atoms. The van der Waals surface area contributed by atoms with Crippen LogP contribution < -0.4 is 15.0 Å². The normalized spacial score (nSPS) is 13.6. The molecule has 0 radical (unpaired) electrons. The zero-order valence-corrected chi connectivity index (χ0v) is 20.4. The number of thioether (sulfide) groups is 1. The summed E-state index contributed by atoms with van der Waals surface area (Å²) in [5.41, 5.74) is 3.83. The molecule has 1 aliphatic rings. The molecule has 2 amide bonds. The number of amides is 2. The van der Waals surface area contributed by atoms with Crippen LogP contribution in [0.15, 0.2) is 88.3 Å². The number of methoxy groups -OCH3 is 1. The van der Waals surface area contributed by atoms with E-state index in [-0.39, 0.29) is 17.5 Å². The molecule has 0 fully saturated rings. The predicted octanol–water partition coefficient (Wildman–Crippen LogP) is 6.34. The minimum absolute atomic E-state index is 0.263. The summed E-state index contributed by atoms with van der Waals surface area (Å²) < 4.78 is 5.31. The molecule has 0 atom stereocenters. The highest BCUT2D eigenvalue weighted by molar-refractivity contribution is 8.04. The first-order valence-electron chi connectivity index (χ1n) is 11.4. The fraction of sp³-hybridized carbons (Fsp3) is 0.214. The van der Waals surface area contributed by atoms with Crippen LogP contribution in [0.4, 0.5) is 11.4 Å². The number of unbranched alkanes of at least 4 members (excludes halogenated alkanes) is 1. The number of imide groups is 1. The third kappa shape index (κ3) is 5.18. The van der Waals surface area contributed by atoms with Gasteiger partial charge in [0.1, 0.15) is 16.4 Å². The summed E-state index contributed by atoms with van der Waals surface area (Å²) in [4.78, 5) is 29.6. The van der Waals surface area contributed by atoms with Gasteiger partial charge >= 0.3 is 0 Å². The first kappa shape index (κ1) is 23.6. The van der Waals surface area contributed by atoms with Gasteiger partial charge in [-0.1, -0.05) is 61.0 Å². The quantitative estimate of drug-likeness (QED) is 0.369. The van der Waals surface area contributed by atoms with E-state index in [4.69, 9.17) is 4.74 Å². The Labute approximate surface area is 204 Å². The van der Waals surface area contributed by atoms with E-state index in [1.807, 2.05) is 73.7 Å². The van der Waals surface area contributed by atoms with Gasteiger partial charge in [0.05, 0.1) is 12.8 Å². The van der Waals surface area contributed by atoms with Gasteiger partial charge in [0.25, 0.3) is 11.8 Å². The number of hydrogen-bond acceptors (Lipinski definition) is 5. The molecule has 1 aliphatic heterocycles. The second kappa shape index (κ2) is 10.6. The number of nitrogens with zero attached hydrogens (tertiary/aromatic N) is 1. The van der Waals surface area contributed by atoms with Crippen molar-refractivity contribution in [1.29, 1.82) is 0 Å². The van der Waals surface area contributed by atoms with E-state index in [2.05, 4.69) is 12.2 Å². The zero-order chi connectivity index (χ0) is 24.1. The lowest BCUT2D eigenvalue weighted by atomic mass is 10.1. The maximum atomic E-state index is 13.5. The molecule has 0 aromatic heterocycles. The number of aryl methyl sites for hydroxylation is 2. The van der Waals surface area contributed by atoms with Crippen molar-refractivity contribution < 1.29 is 14.3 Å². The van der Waals surface area contributed by atoms with Gasteiger partial charge in [-0.25, -0.2) is 4.90 Å². The van der Waals surface area contributed by atoms with Crippen molar-refractivity contribution in [3.63, 3.8) is 0 Å². The molecule has 0 spiro atoms. The van der Waals surface area contributed by atoms with Crippen molar-refractivity contribution in [3.8, 4) is 5.75 Å². The zero-order valence-electron chi connectivity index (χ0n) is 19.6. The molecule has 1 N–H and O–H groups in total. The average Bonchev–Trinajstić information content (AvgIpc) is 3.08. The molecule has 6 heteroatoms. The summed E-state index contributed by atoms with van der Waals surface area (Å²) in [6, 6.07) is 22.9. The minimum atomic E-state index is -0.372. The number of benzene rings is 3. The van der Waals surface area contributed by atoms with Crippen LogP contribution in [0.5, 0.6) is 5.75 Å². The molecule has 5 nitrogen and oxygen atoms in total. The van der Waals surface area contributed by atoms with Gasteiger partial charge in [-0.3, -0.25) is 9.59 Å². The van der Waals surface area contributed by atoms with Crippen molar-refractivity contribution in [3.05, 3.63) is 94.5 Å². The van der Waals surface area contributed by atoms with Gasteiger partial charge in [-0.05, 0) is 61.7 Å². The third-order valence-corrected chi connectivity index (χ3v) is 6.73. The molecule has 3 aromatic rings. The van der Waals surface area contributed by atoms with E-state index in [1.54, 1.807) is 13.2 Å². The molecular weight excluding hydrogens is 444 g/mol. The molecule has 0 unspecified atom stereocenters. The van der Waals surface area contributed by atoms with E-state index >= 15 is 0 Å². The average molecular weight is 473 g/mol. The van der Waals surface area contributed by atoms with Gasteiger partial charge in [0, 0.05) is 16.6 Å². The van der Waals surface area contributed by atoms with Crippen LogP contribution in [-0.2, 0) is 16.0 Å². The lowest BCUT2D eigenvalue weighted by molar-refractivity contribution is -0.120. The Balaban J connectivity index is 1.68. The van der Waals surface area contributed by atoms with Crippen molar-refractivity contribution in [2.24, 2.45) is 0 Å². The standard InChI is InChI=1S/C28H28N2O3S/c1-4-5-7-20-12-14-22(15-13-20)30-27(31)25(29-21-8-6-9-23(18-21)33-3)26(28(30)32)34-24-16-10-19(2)11-17-24/h6,8-18,29H,4-5,7H2,1-3H3. The van der Waals surface area contributed by atoms with Crippen LogP contribution in [-0.4, -0.2) is 18.9 Å². The van der Waals surface area contributed by atoms with Gasteiger partial charge in [0.2, 0.25) is 0 Å². The topological polar surface area (TPSA) is 58.6 Å². The highest BCUT2D eigenvalue weighted by Gasteiger charge is 2.40. The first-order valence-corrected chi connectivity index (χ1v) is 12.2. The number of nitrogens with one attached hydrogen (secondary N) is 1. The lowest BCUT2D eigenvalue weighted by Gasteiger charge is -2.16. The fourth-order valence-electron chi connectivity index (χ4n) is 3.71. The molecular formula is C28H28N2O3S. The van der Waals surface area contributed by atoms with E-state index in [1.165, 1.54) is 22.2 Å². The molecule has 0 saturated carbocycles. The minimum Gasteiger partial charge on any atom is -0.497 e. The van der Waals surface area contributed by atoms with Crippen molar-refractivity contribution >= 4 is 35.0 Å². The van der Waals surface area contributed by atoms with Crippen LogP contribution in [0.3, 0.4) is 0 Å². The molecule has 0 aliphatic carbocycles. The number of carbonyl (C=O) groups is 2. The molecule has 0 saturated heterocycles. The number of carbonyl (C=O) groups excluding carboxylic acids is 2. The van der Waals surface area contributed by atoms with Crippen molar-refractivity contribution in [1.82, 2.24) is 0 Å². The second-order valence-electron chi connectivity index (χ2n) is 8.19. The highest BCUT2D eigenvalue weighted by atomic mass is 32.2. The second-order valence-corrected chi connectivity index (χ2v) is 9.28. The summed E-state index contributed by atoms with van der Waals surface area (Å²) in [5, 5.41) is 3.18. The number of ether oxygens (including phenoxy) is 1. The van der Waals surface area contributed by atoms with Crippen LogP contribution >= 0.6 is 11.8 Å². The maximum absolute atomic E-state index is 13.5. The Hall–Kier alpha value is -3.51. The Morgan fingerprint density at radius 2 is 1.68 bits per heavy atom. The summed E-state index contributed by atoms with van der Waals surface area (Å²) in [7, 11) is 1.59. The van der Waals surface area contributed by atoms with E-state index < -0.39 is 0 Å². The summed E-state index contributed by atoms with van der Waals surface area (Å²) in [5.74, 6) is -0.0411. The Morgan fingerprint density at radius 1 is 0.941 bits per heavy atom. The van der Waals surface area contributed by atoms with Crippen molar-refractivity contribution in [2.75, 3.05) is 17.3 Å². The Kier molecular flexibility index (Phi) is 7.38. The van der Waals surface area contributed by atoms with Gasteiger partial charge in [-0.2, -0.15) is 0 Å². The predicted molar refractivity (Wildman–Crippen MR) is 138 cm³/mol. The number of rotatable bonds is 9. The van der Waals surface area contributed by atoms with Crippen LogP contribution in [0, 0.1) is 6.92 Å². The highest BCUT2D eigenvalue weighted by Crippen LogP contribution is 2.38. The fourth-order valence-corrected chi connectivity index (χ4v) is 4.64. The van der Waals surface area contributed by atoms with E-state index in [0.717, 1.165) is 29.7 Å². The number of anilines is 2. The van der Waals surface area contributed by atoms with E-state index in [0.29, 0.717) is 22.0 Å². The summed E-state index contributed by atoms with van der Waals surface area (Å²) >= 11 is 1.30. The molecule has 1 heterocycles. The Bertz CT molecular complexity index is 1220. The third-order valence-electron chi connectivity index (χ3n) is 5.63. The van der Waals surface area contributed by atoms with Crippen LogP contribution in [0.1, 0.15) is 30.9 Å². The van der Waals surface area contributed by atoms with Crippen molar-refractivity contribution in [2.45, 2.75) is 38.0 Å². The van der Waals surface area contributed by atoms with Crippen LogP contribution in [0.25, 0.3) is 0 Å². The van der Waals surface area contributed by atoms with Gasteiger partial charge < -0.3 is 10.1 Å². The van der Waals surface area contributed by atoms with Gasteiger partial charge in [0.15, 0.2) is 0 Å². The molecule has 174 valence electrons. The monoisotopic (exact) mass is 472 g/mol. The smallest absolute Gasteiger partial charge is 0.283 e. The SMILES string of the molecule is CCCCc1ccc(N2C(=O)C(Nc3cccc(OC)c3)=C(Sc3ccc(C)cc3)C2=O)cc1. The maximum Gasteiger partial charge on any atom is 0.283 e. The molecule has 0 bridgehead atoms. The first-order chi connectivity index (χ1) is 16.5. The molecule has 4 rings (SSSR count). The Morgan fingerprint density at radius 3 is 2.35 bits per heavy atom. The van der Waals surface area contributed by atoms with Gasteiger partial charge in [-0.15, -0.1) is 0 Å². The summed E-state index contributed by atoms with van der Waals surface area (Å²) in [6.45, 7) is 4.17. The largest absolute Gasteiger partial charge is 0.497 e. The number of hydrogen-bond donors (Lipinski definition) is 1. The lowest BCUT2D eigenvalue weighted by Crippen LogP contribution is -2.32. The van der Waals surface area contributed by atoms with E-state index in [9.17, 15) is 9.59 Å². The van der Waals surface area contributed by atoms with Crippen LogP contribution in [0.2, 0.25) is 0 Å².